The fourth-order valence-corrected chi connectivity index (χ4v) is 6.31. The molecule has 3 heterocycles. The smallest absolute Gasteiger partial charge is 0.255 e. The van der Waals surface area contributed by atoms with Crippen LogP contribution in [-0.4, -0.2) is 78.3 Å². The SMILES string of the molecule is Cc1cccc(NC(=O)c2ccc(-c3nnnn3C)cc2)c1.Cc1cccc(NC(=O)c2ccc(-c3nnnn3C)cc2)c1.Cn1nnnc1-c1ccc(C(=O)Nc2ccccc2)cc1. The van der Waals surface area contributed by atoms with Crippen LogP contribution < -0.4 is 16.0 Å². The Hall–Kier alpha value is -9.06. The maximum atomic E-state index is 12.2. The second-order valence-electron chi connectivity index (χ2n) is 14.6. The number of nitrogens with zero attached hydrogens (tertiary/aromatic N) is 12. The number of carbonyl (C=O) groups excluding carboxylic acids is 3. The van der Waals surface area contributed by atoms with Gasteiger partial charge in [0, 0.05) is 71.6 Å². The van der Waals surface area contributed by atoms with Gasteiger partial charge in [-0.25, -0.2) is 14.0 Å². The third-order valence-corrected chi connectivity index (χ3v) is 9.66. The van der Waals surface area contributed by atoms with Gasteiger partial charge in [-0.05, 0) is 129 Å². The molecule has 0 radical (unpaired) electrons. The van der Waals surface area contributed by atoms with Crippen LogP contribution in [0.1, 0.15) is 42.2 Å². The molecule has 65 heavy (non-hydrogen) atoms. The summed E-state index contributed by atoms with van der Waals surface area (Å²) in [7, 11) is 5.31. The van der Waals surface area contributed by atoms with E-state index in [1.807, 2.05) is 129 Å². The Kier molecular flexibility index (Phi) is 14.0. The average molecular weight is 866 g/mol. The van der Waals surface area contributed by atoms with Gasteiger partial charge in [-0.1, -0.05) is 78.9 Å². The number of nitrogens with one attached hydrogen (secondary N) is 3. The van der Waals surface area contributed by atoms with Gasteiger partial charge in [-0.2, -0.15) is 0 Å². The molecule has 9 rings (SSSR count). The van der Waals surface area contributed by atoms with Crippen molar-refractivity contribution in [3.8, 4) is 34.2 Å². The molecule has 9 aromatic rings. The number of aromatic nitrogens is 12. The van der Waals surface area contributed by atoms with Crippen LogP contribution >= 0.6 is 0 Å². The maximum Gasteiger partial charge on any atom is 0.255 e. The molecule has 3 N–H and O–H groups in total. The molecule has 18 nitrogen and oxygen atoms in total. The Labute approximate surface area is 373 Å². The Morgan fingerprint density at radius 2 is 0.692 bits per heavy atom. The van der Waals surface area contributed by atoms with Gasteiger partial charge in [0.2, 0.25) is 0 Å². The summed E-state index contributed by atoms with van der Waals surface area (Å²) < 4.78 is 4.75. The highest BCUT2D eigenvalue weighted by Gasteiger charge is 2.12. The lowest BCUT2D eigenvalue weighted by Crippen LogP contribution is -2.11. The monoisotopic (exact) mass is 865 g/mol. The molecule has 324 valence electrons. The van der Waals surface area contributed by atoms with Crippen molar-refractivity contribution in [1.82, 2.24) is 60.6 Å². The lowest BCUT2D eigenvalue weighted by Gasteiger charge is -2.06. The van der Waals surface area contributed by atoms with E-state index < -0.39 is 0 Å². The second-order valence-corrected chi connectivity index (χ2v) is 14.6. The minimum absolute atomic E-state index is 0.145. The number of aryl methyl sites for hydroxylation is 5. The van der Waals surface area contributed by atoms with E-state index in [1.165, 1.54) is 0 Å². The number of carbonyl (C=O) groups is 3. The van der Waals surface area contributed by atoms with Crippen LogP contribution in [0.25, 0.3) is 34.2 Å². The van der Waals surface area contributed by atoms with Crippen LogP contribution in [0.2, 0.25) is 0 Å². The van der Waals surface area contributed by atoms with Gasteiger partial charge in [-0.15, -0.1) is 15.3 Å². The number of rotatable bonds is 9. The number of anilines is 3. The first-order chi connectivity index (χ1) is 31.5. The molecule has 0 aliphatic rings. The minimum Gasteiger partial charge on any atom is -0.322 e. The Bertz CT molecular complexity index is 2880. The molecular formula is C47H43N15O3. The molecular weight excluding hydrogens is 823 g/mol. The summed E-state index contributed by atoms with van der Waals surface area (Å²) in [6.45, 7) is 3.97. The lowest BCUT2D eigenvalue weighted by molar-refractivity contribution is 0.101. The Morgan fingerprint density at radius 3 is 0.985 bits per heavy atom. The highest BCUT2D eigenvalue weighted by molar-refractivity contribution is 6.05. The second kappa shape index (κ2) is 20.7. The van der Waals surface area contributed by atoms with E-state index in [0.29, 0.717) is 34.2 Å². The van der Waals surface area contributed by atoms with Gasteiger partial charge in [-0.3, -0.25) is 14.4 Å². The lowest BCUT2D eigenvalue weighted by atomic mass is 10.1. The Balaban J connectivity index is 0.000000145. The molecule has 0 atom stereocenters. The third kappa shape index (κ3) is 11.7. The molecule has 0 saturated carbocycles. The van der Waals surface area contributed by atoms with Crippen molar-refractivity contribution in [1.29, 1.82) is 0 Å². The summed E-state index contributed by atoms with van der Waals surface area (Å²) in [4.78, 5) is 36.6. The van der Waals surface area contributed by atoms with Gasteiger partial charge >= 0.3 is 0 Å². The standard InChI is InChI=1S/2C16H15N5O.C15H13N5O/c2*1-11-4-3-5-14(10-11)17-16(22)13-8-6-12(7-9-13)15-18-19-20-21(15)2;1-20-14(17-18-19-20)11-7-9-12(10-8-11)15(21)16-13-5-3-2-4-6-13/h2*3-10H,1-2H3,(H,17,22);2-10H,1H3,(H,16,21). The minimum atomic E-state index is -0.149. The van der Waals surface area contributed by atoms with E-state index >= 15 is 0 Å². The zero-order chi connectivity index (χ0) is 45.7. The zero-order valence-corrected chi connectivity index (χ0v) is 36.0. The number of hydrogen-bond acceptors (Lipinski definition) is 12. The van der Waals surface area contributed by atoms with Crippen LogP contribution in [0.5, 0.6) is 0 Å². The number of hydrogen-bond donors (Lipinski definition) is 3. The predicted octanol–water partition coefficient (Wildman–Crippen LogP) is 7.01. The van der Waals surface area contributed by atoms with Crippen LogP contribution in [0, 0.1) is 13.8 Å². The molecule has 3 aromatic heterocycles. The molecule has 0 saturated heterocycles. The summed E-state index contributed by atoms with van der Waals surface area (Å²) in [5.41, 5.74) is 8.87. The first-order valence-corrected chi connectivity index (χ1v) is 20.1. The molecule has 0 aliphatic heterocycles. The van der Waals surface area contributed by atoms with Crippen LogP contribution in [0.4, 0.5) is 17.1 Å². The quantitative estimate of drug-likeness (QED) is 0.134. The van der Waals surface area contributed by atoms with Crippen LogP contribution in [0.3, 0.4) is 0 Å². The maximum absolute atomic E-state index is 12.2. The van der Waals surface area contributed by atoms with Crippen LogP contribution in [-0.2, 0) is 21.1 Å². The van der Waals surface area contributed by atoms with E-state index in [1.54, 1.807) is 71.6 Å². The topological polar surface area (TPSA) is 218 Å². The molecule has 18 heteroatoms. The fraction of sp³-hybridized carbons (Fsp3) is 0.106. The van der Waals surface area contributed by atoms with Crippen molar-refractivity contribution in [2.24, 2.45) is 21.1 Å². The fourth-order valence-electron chi connectivity index (χ4n) is 6.31. The highest BCUT2D eigenvalue weighted by atomic mass is 16.2. The Morgan fingerprint density at radius 1 is 0.385 bits per heavy atom. The highest BCUT2D eigenvalue weighted by Crippen LogP contribution is 2.20. The molecule has 0 aliphatic carbocycles. The van der Waals surface area contributed by atoms with Gasteiger partial charge in [0.15, 0.2) is 17.5 Å². The normalized spacial score (nSPS) is 10.4. The summed E-state index contributed by atoms with van der Waals surface area (Å²) in [6.07, 6.45) is 0. The molecule has 0 unspecified atom stereocenters. The van der Waals surface area contributed by atoms with Crippen molar-refractivity contribution >= 4 is 34.8 Å². The largest absolute Gasteiger partial charge is 0.322 e. The molecule has 0 spiro atoms. The number of benzene rings is 6. The van der Waals surface area contributed by atoms with E-state index in [9.17, 15) is 14.4 Å². The van der Waals surface area contributed by atoms with Crippen molar-refractivity contribution in [3.05, 3.63) is 179 Å². The number of tetrazole rings is 3. The molecule has 3 amide bonds. The van der Waals surface area contributed by atoms with E-state index in [0.717, 1.165) is 44.9 Å². The van der Waals surface area contributed by atoms with Gasteiger partial charge < -0.3 is 16.0 Å². The first-order valence-electron chi connectivity index (χ1n) is 20.1. The van der Waals surface area contributed by atoms with Gasteiger partial charge in [0.25, 0.3) is 17.7 Å². The third-order valence-electron chi connectivity index (χ3n) is 9.66. The summed E-state index contributed by atoms with van der Waals surface area (Å²) in [5, 5.41) is 42.6. The number of para-hydroxylation sites is 1. The molecule has 0 fully saturated rings. The van der Waals surface area contributed by atoms with Crippen molar-refractivity contribution < 1.29 is 14.4 Å². The summed E-state index contributed by atoms with van der Waals surface area (Å²) in [5.74, 6) is 1.53. The zero-order valence-electron chi connectivity index (χ0n) is 36.0. The summed E-state index contributed by atoms with van der Waals surface area (Å²) >= 11 is 0. The van der Waals surface area contributed by atoms with Gasteiger partial charge in [0.1, 0.15) is 0 Å². The predicted molar refractivity (Wildman–Crippen MR) is 245 cm³/mol. The first kappa shape index (κ1) is 44.0. The van der Waals surface area contributed by atoms with E-state index in [2.05, 4.69) is 62.5 Å². The van der Waals surface area contributed by atoms with E-state index in [-0.39, 0.29) is 17.7 Å². The van der Waals surface area contributed by atoms with Crippen molar-refractivity contribution in [2.45, 2.75) is 13.8 Å². The summed E-state index contributed by atoms with van der Waals surface area (Å²) in [6, 6.07) is 46.2. The van der Waals surface area contributed by atoms with E-state index in [4.69, 9.17) is 0 Å². The average Bonchev–Trinajstić information content (AvgIpc) is 4.08. The molecule has 0 bridgehead atoms. The van der Waals surface area contributed by atoms with Crippen molar-refractivity contribution in [3.63, 3.8) is 0 Å². The van der Waals surface area contributed by atoms with Crippen LogP contribution in [0.15, 0.2) is 152 Å². The molecule has 6 aromatic carbocycles. The number of amides is 3. The van der Waals surface area contributed by atoms with Crippen molar-refractivity contribution in [2.75, 3.05) is 16.0 Å². The van der Waals surface area contributed by atoms with Gasteiger partial charge in [0.05, 0.1) is 0 Å².